The number of nitrogens with zero attached hydrogens (tertiary/aromatic N) is 1. The van der Waals surface area contributed by atoms with Crippen molar-refractivity contribution in [1.29, 1.82) is 0 Å². The van der Waals surface area contributed by atoms with Gasteiger partial charge in [-0.2, -0.15) is 0 Å². The van der Waals surface area contributed by atoms with Crippen molar-refractivity contribution in [3.8, 4) is 0 Å². The quantitative estimate of drug-likeness (QED) is 0.574. The van der Waals surface area contributed by atoms with Gasteiger partial charge in [0.1, 0.15) is 0 Å². The predicted octanol–water partition coefficient (Wildman–Crippen LogP) is 2.99. The lowest BCUT2D eigenvalue weighted by Gasteiger charge is -2.20. The van der Waals surface area contributed by atoms with E-state index in [1.807, 2.05) is 17.9 Å². The summed E-state index contributed by atoms with van der Waals surface area (Å²) in [5.74, 6) is 0.161. The third-order valence-electron chi connectivity index (χ3n) is 2.18. The van der Waals surface area contributed by atoms with Crippen LogP contribution in [0.2, 0.25) is 0 Å². The molecule has 0 N–H and O–H groups in total. The number of allylic oxidation sites excluding steroid dienone is 1. The first-order valence-electron chi connectivity index (χ1n) is 5.67. The number of carbonyl (C=O) groups excluding carboxylic acids is 1. The van der Waals surface area contributed by atoms with Crippen LogP contribution >= 0.6 is 0 Å². The predicted molar refractivity (Wildman–Crippen MR) is 61.2 cm³/mol. The topological polar surface area (TPSA) is 20.3 Å². The lowest BCUT2D eigenvalue weighted by Crippen LogP contribution is -2.31. The van der Waals surface area contributed by atoms with E-state index in [9.17, 15) is 4.79 Å². The highest BCUT2D eigenvalue weighted by Gasteiger charge is 2.07. The second-order valence-electron chi connectivity index (χ2n) is 3.53. The summed E-state index contributed by atoms with van der Waals surface area (Å²) >= 11 is 0. The van der Waals surface area contributed by atoms with Gasteiger partial charge in [-0.25, -0.2) is 0 Å². The fraction of sp³-hybridized carbons (Fsp3) is 0.750. The molecule has 0 aliphatic carbocycles. The molecule has 0 aromatic heterocycles. The molecule has 0 saturated carbocycles. The zero-order valence-corrected chi connectivity index (χ0v) is 9.75. The molecular formula is C12H23NO. The summed E-state index contributed by atoms with van der Waals surface area (Å²) in [7, 11) is 0. The fourth-order valence-electron chi connectivity index (χ4n) is 1.28. The van der Waals surface area contributed by atoms with Crippen molar-refractivity contribution in [3.63, 3.8) is 0 Å². The SMILES string of the molecule is CC=CC(=O)N(CCCC)CCCC. The van der Waals surface area contributed by atoms with Crippen LogP contribution in [0.5, 0.6) is 0 Å². The zero-order valence-electron chi connectivity index (χ0n) is 9.75. The van der Waals surface area contributed by atoms with E-state index in [0.717, 1.165) is 38.8 Å². The van der Waals surface area contributed by atoms with E-state index in [4.69, 9.17) is 0 Å². The molecule has 0 aliphatic heterocycles. The maximum absolute atomic E-state index is 11.6. The summed E-state index contributed by atoms with van der Waals surface area (Å²) in [6, 6.07) is 0. The van der Waals surface area contributed by atoms with Gasteiger partial charge < -0.3 is 4.90 Å². The van der Waals surface area contributed by atoms with Crippen LogP contribution in [0.4, 0.5) is 0 Å². The number of rotatable bonds is 7. The van der Waals surface area contributed by atoms with Crippen molar-refractivity contribution in [3.05, 3.63) is 12.2 Å². The second-order valence-corrected chi connectivity index (χ2v) is 3.53. The van der Waals surface area contributed by atoms with E-state index in [1.54, 1.807) is 6.08 Å². The van der Waals surface area contributed by atoms with Crippen LogP contribution in [-0.2, 0) is 4.79 Å². The van der Waals surface area contributed by atoms with Crippen LogP contribution in [0.1, 0.15) is 46.5 Å². The summed E-state index contributed by atoms with van der Waals surface area (Å²) in [6.07, 6.45) is 7.97. The molecule has 0 unspecified atom stereocenters. The van der Waals surface area contributed by atoms with E-state index < -0.39 is 0 Å². The molecule has 82 valence electrons. The van der Waals surface area contributed by atoms with Crippen molar-refractivity contribution >= 4 is 5.91 Å². The minimum Gasteiger partial charge on any atom is -0.339 e. The first kappa shape index (κ1) is 13.2. The minimum absolute atomic E-state index is 0.161. The maximum atomic E-state index is 11.6. The summed E-state index contributed by atoms with van der Waals surface area (Å²) in [5, 5.41) is 0. The highest BCUT2D eigenvalue weighted by Crippen LogP contribution is 2.00. The Morgan fingerprint density at radius 3 is 2.00 bits per heavy atom. The Hall–Kier alpha value is -0.790. The van der Waals surface area contributed by atoms with Crippen LogP contribution in [0.3, 0.4) is 0 Å². The zero-order chi connectivity index (χ0) is 10.8. The molecule has 0 fully saturated rings. The molecule has 0 aromatic carbocycles. The summed E-state index contributed by atoms with van der Waals surface area (Å²) < 4.78 is 0. The summed E-state index contributed by atoms with van der Waals surface area (Å²) in [4.78, 5) is 13.5. The van der Waals surface area contributed by atoms with Gasteiger partial charge in [0.05, 0.1) is 0 Å². The lowest BCUT2D eigenvalue weighted by atomic mass is 10.2. The third kappa shape index (κ3) is 5.79. The van der Waals surface area contributed by atoms with Gasteiger partial charge in [-0.15, -0.1) is 0 Å². The van der Waals surface area contributed by atoms with E-state index in [2.05, 4.69) is 13.8 Å². The molecule has 0 aliphatic rings. The number of carbonyl (C=O) groups is 1. The molecular weight excluding hydrogens is 174 g/mol. The third-order valence-corrected chi connectivity index (χ3v) is 2.18. The molecule has 0 radical (unpaired) electrons. The van der Waals surface area contributed by atoms with Crippen LogP contribution in [0, 0.1) is 0 Å². The first-order valence-corrected chi connectivity index (χ1v) is 5.67. The molecule has 0 saturated heterocycles. The van der Waals surface area contributed by atoms with Crippen molar-refractivity contribution in [2.24, 2.45) is 0 Å². The highest BCUT2D eigenvalue weighted by atomic mass is 16.2. The lowest BCUT2D eigenvalue weighted by molar-refractivity contribution is -0.126. The van der Waals surface area contributed by atoms with Crippen LogP contribution < -0.4 is 0 Å². The van der Waals surface area contributed by atoms with Gasteiger partial charge in [0.2, 0.25) is 5.91 Å². The van der Waals surface area contributed by atoms with E-state index in [0.29, 0.717) is 0 Å². The fourth-order valence-corrected chi connectivity index (χ4v) is 1.28. The molecule has 2 nitrogen and oxygen atoms in total. The van der Waals surface area contributed by atoms with Gasteiger partial charge in [0, 0.05) is 13.1 Å². The summed E-state index contributed by atoms with van der Waals surface area (Å²) in [6.45, 7) is 7.99. The Morgan fingerprint density at radius 2 is 1.64 bits per heavy atom. The molecule has 0 spiro atoms. The first-order chi connectivity index (χ1) is 6.76. The number of unbranched alkanes of at least 4 members (excludes halogenated alkanes) is 2. The van der Waals surface area contributed by atoms with Gasteiger partial charge in [-0.1, -0.05) is 32.8 Å². The van der Waals surface area contributed by atoms with Crippen molar-refractivity contribution in [2.75, 3.05) is 13.1 Å². The van der Waals surface area contributed by atoms with Gasteiger partial charge >= 0.3 is 0 Å². The monoisotopic (exact) mass is 197 g/mol. The van der Waals surface area contributed by atoms with Crippen molar-refractivity contribution in [2.45, 2.75) is 46.5 Å². The standard InChI is InChI=1S/C12H23NO/c1-4-7-10-13(11-8-5-2)12(14)9-6-3/h6,9H,4-5,7-8,10-11H2,1-3H3. The van der Waals surface area contributed by atoms with E-state index >= 15 is 0 Å². The molecule has 1 amide bonds. The van der Waals surface area contributed by atoms with Crippen LogP contribution in [0.25, 0.3) is 0 Å². The van der Waals surface area contributed by atoms with Gasteiger partial charge in [0.25, 0.3) is 0 Å². The van der Waals surface area contributed by atoms with Crippen molar-refractivity contribution in [1.82, 2.24) is 4.90 Å². The average Bonchev–Trinajstić information content (AvgIpc) is 2.18. The molecule has 0 rings (SSSR count). The maximum Gasteiger partial charge on any atom is 0.246 e. The largest absolute Gasteiger partial charge is 0.339 e. The number of hydrogen-bond acceptors (Lipinski definition) is 1. The Labute approximate surface area is 88.0 Å². The normalized spacial score (nSPS) is 10.8. The molecule has 0 bridgehead atoms. The Bertz CT molecular complexity index is 167. The molecule has 2 heteroatoms. The smallest absolute Gasteiger partial charge is 0.246 e. The van der Waals surface area contributed by atoms with E-state index in [1.165, 1.54) is 0 Å². The summed E-state index contributed by atoms with van der Waals surface area (Å²) in [5.41, 5.74) is 0. The average molecular weight is 197 g/mol. The molecule has 0 atom stereocenters. The second kappa shape index (κ2) is 8.79. The van der Waals surface area contributed by atoms with Crippen molar-refractivity contribution < 1.29 is 4.79 Å². The Morgan fingerprint density at radius 1 is 1.14 bits per heavy atom. The Balaban J connectivity index is 4.01. The van der Waals surface area contributed by atoms with E-state index in [-0.39, 0.29) is 5.91 Å². The minimum atomic E-state index is 0.161. The Kier molecular flexibility index (Phi) is 8.30. The van der Waals surface area contributed by atoms with Crippen LogP contribution in [0.15, 0.2) is 12.2 Å². The van der Waals surface area contributed by atoms with Gasteiger partial charge in [0.15, 0.2) is 0 Å². The number of amides is 1. The van der Waals surface area contributed by atoms with Gasteiger partial charge in [-0.05, 0) is 25.8 Å². The molecule has 14 heavy (non-hydrogen) atoms. The number of hydrogen-bond donors (Lipinski definition) is 0. The van der Waals surface area contributed by atoms with Gasteiger partial charge in [-0.3, -0.25) is 4.79 Å². The molecule has 0 heterocycles. The highest BCUT2D eigenvalue weighted by molar-refractivity contribution is 5.87. The molecule has 0 aromatic rings. The van der Waals surface area contributed by atoms with Crippen LogP contribution in [-0.4, -0.2) is 23.9 Å².